The molecule has 0 aromatic carbocycles. The number of carbonyl (C=O) groups is 1. The number of hydrogen-bond acceptors (Lipinski definition) is 3. The molecule has 106 valence electrons. The maximum absolute atomic E-state index is 11.7. The van der Waals surface area contributed by atoms with E-state index in [0.717, 1.165) is 37.5 Å². The minimum absolute atomic E-state index is 0.165. The van der Waals surface area contributed by atoms with Crippen LogP contribution in [0.15, 0.2) is 0 Å². The number of aliphatic hydroxyl groups is 1. The zero-order valence-electron chi connectivity index (χ0n) is 12.2. The molecule has 3 heteroatoms. The van der Waals surface area contributed by atoms with Crippen LogP contribution in [0.25, 0.3) is 0 Å². The number of ether oxygens (including phenoxy) is 1. The van der Waals surface area contributed by atoms with Gasteiger partial charge in [-0.15, -0.1) is 0 Å². The Labute approximate surface area is 111 Å². The van der Waals surface area contributed by atoms with Crippen molar-refractivity contribution in [2.24, 2.45) is 11.8 Å². The van der Waals surface area contributed by atoms with Crippen LogP contribution in [0.3, 0.4) is 0 Å². The summed E-state index contributed by atoms with van der Waals surface area (Å²) in [5.74, 6) is 1.33. The third-order valence-corrected chi connectivity index (χ3v) is 4.16. The van der Waals surface area contributed by atoms with Gasteiger partial charge in [-0.25, -0.2) is 0 Å². The molecule has 0 radical (unpaired) electrons. The maximum Gasteiger partial charge on any atom is 0.306 e. The van der Waals surface area contributed by atoms with Gasteiger partial charge in [0.25, 0.3) is 0 Å². The van der Waals surface area contributed by atoms with E-state index in [-0.39, 0.29) is 11.6 Å². The third kappa shape index (κ3) is 4.97. The Kier molecular flexibility index (Phi) is 5.64. The lowest BCUT2D eigenvalue weighted by Gasteiger charge is -2.38. The van der Waals surface area contributed by atoms with Gasteiger partial charge < -0.3 is 9.84 Å². The highest BCUT2D eigenvalue weighted by atomic mass is 16.6. The third-order valence-electron chi connectivity index (χ3n) is 4.16. The molecule has 0 amide bonds. The fraction of sp³-hybridized carbons (Fsp3) is 0.933. The van der Waals surface area contributed by atoms with Crippen LogP contribution in [0.5, 0.6) is 0 Å². The van der Waals surface area contributed by atoms with E-state index in [1.807, 2.05) is 6.92 Å². The molecule has 1 unspecified atom stereocenters. The van der Waals surface area contributed by atoms with Gasteiger partial charge in [0.2, 0.25) is 0 Å². The highest BCUT2D eigenvalue weighted by molar-refractivity contribution is 5.69. The van der Waals surface area contributed by atoms with Gasteiger partial charge in [-0.1, -0.05) is 13.8 Å². The van der Waals surface area contributed by atoms with E-state index in [0.29, 0.717) is 12.8 Å². The molecule has 1 N–H and O–H groups in total. The van der Waals surface area contributed by atoms with Gasteiger partial charge in [-0.2, -0.15) is 0 Å². The molecule has 0 spiro atoms. The smallest absolute Gasteiger partial charge is 0.306 e. The van der Waals surface area contributed by atoms with E-state index in [9.17, 15) is 4.79 Å². The molecule has 0 bridgehead atoms. The van der Waals surface area contributed by atoms with Crippen LogP contribution < -0.4 is 0 Å². The Bertz CT molecular complexity index is 263. The molecule has 0 saturated heterocycles. The summed E-state index contributed by atoms with van der Waals surface area (Å²) in [6.45, 7) is 8.27. The van der Waals surface area contributed by atoms with Crippen LogP contribution in [0.4, 0.5) is 0 Å². The summed E-state index contributed by atoms with van der Waals surface area (Å²) in [5.41, 5.74) is -0.277. The largest absolute Gasteiger partial charge is 0.459 e. The summed E-state index contributed by atoms with van der Waals surface area (Å²) in [7, 11) is 0. The van der Waals surface area contributed by atoms with Crippen LogP contribution in [-0.2, 0) is 9.53 Å². The van der Waals surface area contributed by atoms with Crippen LogP contribution >= 0.6 is 0 Å². The highest BCUT2D eigenvalue weighted by Crippen LogP contribution is 2.37. The molecule has 0 aromatic heterocycles. The molecular formula is C15H28O3. The van der Waals surface area contributed by atoms with E-state index in [2.05, 4.69) is 13.8 Å². The van der Waals surface area contributed by atoms with E-state index in [1.54, 1.807) is 6.92 Å². The fourth-order valence-electron chi connectivity index (χ4n) is 2.67. The number of rotatable bonds is 5. The first-order chi connectivity index (χ1) is 8.32. The van der Waals surface area contributed by atoms with Crippen LogP contribution in [0.2, 0.25) is 0 Å². The van der Waals surface area contributed by atoms with Crippen molar-refractivity contribution in [3.63, 3.8) is 0 Å². The van der Waals surface area contributed by atoms with Crippen molar-refractivity contribution in [1.82, 2.24) is 0 Å². The van der Waals surface area contributed by atoms with Crippen LogP contribution in [0, 0.1) is 11.8 Å². The monoisotopic (exact) mass is 256 g/mol. The molecular weight excluding hydrogens is 228 g/mol. The molecule has 1 atom stereocenters. The first-order valence-electron chi connectivity index (χ1n) is 7.22. The van der Waals surface area contributed by atoms with Crippen molar-refractivity contribution in [3.8, 4) is 0 Å². The SMILES string of the molecule is CC(O)CCC(=O)OC1(C)CCC(C(C)C)CC1. The lowest BCUT2D eigenvalue weighted by molar-refractivity contribution is -0.163. The van der Waals surface area contributed by atoms with E-state index in [1.165, 1.54) is 0 Å². The van der Waals surface area contributed by atoms with E-state index >= 15 is 0 Å². The van der Waals surface area contributed by atoms with Gasteiger partial charge in [-0.3, -0.25) is 4.79 Å². The standard InChI is InChI=1S/C15H28O3/c1-11(2)13-7-9-15(4,10-8-13)18-14(17)6-5-12(3)16/h11-13,16H,5-10H2,1-4H3. The molecule has 0 aliphatic heterocycles. The van der Waals surface area contributed by atoms with Crippen LogP contribution in [0.1, 0.15) is 66.2 Å². The second-order valence-electron chi connectivity index (χ2n) is 6.39. The molecule has 0 aromatic rings. The zero-order valence-corrected chi connectivity index (χ0v) is 12.2. The normalized spacial score (nSPS) is 30.2. The average molecular weight is 256 g/mol. The number of hydrogen-bond donors (Lipinski definition) is 1. The Morgan fingerprint density at radius 2 is 1.89 bits per heavy atom. The first-order valence-corrected chi connectivity index (χ1v) is 7.22. The Morgan fingerprint density at radius 3 is 2.33 bits per heavy atom. The molecule has 1 fully saturated rings. The van der Waals surface area contributed by atoms with Gasteiger partial charge in [0.15, 0.2) is 0 Å². The second-order valence-corrected chi connectivity index (χ2v) is 6.39. The van der Waals surface area contributed by atoms with Crippen molar-refractivity contribution in [2.45, 2.75) is 77.9 Å². The minimum Gasteiger partial charge on any atom is -0.459 e. The van der Waals surface area contributed by atoms with Crippen LogP contribution in [-0.4, -0.2) is 22.8 Å². The van der Waals surface area contributed by atoms with Gasteiger partial charge in [-0.05, 0) is 57.8 Å². The van der Waals surface area contributed by atoms with Crippen molar-refractivity contribution in [3.05, 3.63) is 0 Å². The molecule has 1 aliphatic rings. The molecule has 1 saturated carbocycles. The van der Waals surface area contributed by atoms with Crippen molar-refractivity contribution >= 4 is 5.97 Å². The Balaban J connectivity index is 2.36. The van der Waals surface area contributed by atoms with Crippen molar-refractivity contribution in [1.29, 1.82) is 0 Å². The van der Waals surface area contributed by atoms with Gasteiger partial charge in [0.1, 0.15) is 5.60 Å². The topological polar surface area (TPSA) is 46.5 Å². The average Bonchev–Trinajstić information content (AvgIpc) is 2.26. The predicted molar refractivity (Wildman–Crippen MR) is 72.2 cm³/mol. The van der Waals surface area contributed by atoms with Crippen molar-refractivity contribution in [2.75, 3.05) is 0 Å². The maximum atomic E-state index is 11.7. The predicted octanol–water partition coefficient (Wildman–Crippen LogP) is 3.30. The van der Waals surface area contributed by atoms with Gasteiger partial charge >= 0.3 is 5.97 Å². The Morgan fingerprint density at radius 1 is 1.33 bits per heavy atom. The summed E-state index contributed by atoms with van der Waals surface area (Å²) in [4.78, 5) is 11.7. The Hall–Kier alpha value is -0.570. The van der Waals surface area contributed by atoms with Crippen molar-refractivity contribution < 1.29 is 14.6 Å². The summed E-state index contributed by atoms with van der Waals surface area (Å²) >= 11 is 0. The molecule has 1 rings (SSSR count). The van der Waals surface area contributed by atoms with E-state index < -0.39 is 6.10 Å². The second kappa shape index (κ2) is 6.55. The molecule has 0 heterocycles. The lowest BCUT2D eigenvalue weighted by Crippen LogP contribution is -2.37. The molecule has 3 nitrogen and oxygen atoms in total. The zero-order chi connectivity index (χ0) is 13.8. The first kappa shape index (κ1) is 15.5. The fourth-order valence-corrected chi connectivity index (χ4v) is 2.67. The van der Waals surface area contributed by atoms with E-state index in [4.69, 9.17) is 9.84 Å². The summed E-state index contributed by atoms with van der Waals surface area (Å²) in [6, 6.07) is 0. The molecule has 18 heavy (non-hydrogen) atoms. The number of esters is 1. The van der Waals surface area contributed by atoms with Gasteiger partial charge in [0.05, 0.1) is 6.10 Å². The molecule has 1 aliphatic carbocycles. The summed E-state index contributed by atoms with van der Waals surface area (Å²) in [6.07, 6.45) is 4.62. The summed E-state index contributed by atoms with van der Waals surface area (Å²) < 4.78 is 5.61. The highest BCUT2D eigenvalue weighted by Gasteiger charge is 2.35. The lowest BCUT2D eigenvalue weighted by atomic mass is 9.75. The van der Waals surface area contributed by atoms with Gasteiger partial charge in [0, 0.05) is 6.42 Å². The quantitative estimate of drug-likeness (QED) is 0.768. The number of aliphatic hydroxyl groups excluding tert-OH is 1. The minimum atomic E-state index is -0.429. The summed E-state index contributed by atoms with van der Waals surface area (Å²) in [5, 5.41) is 9.16. The number of carbonyl (C=O) groups excluding carboxylic acids is 1.